The molecule has 16 heteroatoms. The van der Waals surface area contributed by atoms with Crippen LogP contribution in [0.25, 0.3) is 20.8 Å². The number of pyridine rings is 2. The van der Waals surface area contributed by atoms with E-state index in [0.29, 0.717) is 49.7 Å². The number of ether oxygens (including phenoxy) is 1. The van der Waals surface area contributed by atoms with Gasteiger partial charge in [0.05, 0.1) is 20.8 Å². The quantitative estimate of drug-likeness (QED) is 0.212. The minimum absolute atomic E-state index is 0.0183. The summed E-state index contributed by atoms with van der Waals surface area (Å²) in [5, 5.41) is 5.42. The second-order valence-corrected chi connectivity index (χ2v) is 12.8. The molecule has 13 nitrogen and oxygen atoms in total. The van der Waals surface area contributed by atoms with Gasteiger partial charge >= 0.3 is 16.4 Å². The van der Waals surface area contributed by atoms with Crippen molar-refractivity contribution in [2.45, 2.75) is 25.4 Å². The van der Waals surface area contributed by atoms with Crippen LogP contribution in [-0.4, -0.2) is 83.5 Å². The molecular formula is C29H29FN6O7S2. The average Bonchev–Trinajstić information content (AvgIpc) is 3.71. The highest BCUT2D eigenvalue weighted by Crippen LogP contribution is 2.39. The standard InChI is InChI=1S/C29H29FN6O7S2/c30-21-13-20(34-29(38)33-19-2-3-19)4-6-24(21)43-25-7-8-31-23-14-26(44-28(23)25)22-5-1-18(15-32-22)16-35-9-11-36(12-10-35)27(37)17-42-45(39,40)41/h1,4-8,13-15,19H,2-3,9-12,16-17H2,(H2,33,34,38)(H,39,40,41). The molecule has 3 amide bonds. The van der Waals surface area contributed by atoms with Crippen molar-refractivity contribution in [2.24, 2.45) is 0 Å². The molecule has 2 fully saturated rings. The van der Waals surface area contributed by atoms with Gasteiger partial charge in [-0.05, 0) is 42.7 Å². The maximum Gasteiger partial charge on any atom is 0.397 e. The number of thiophene rings is 1. The average molecular weight is 657 g/mol. The molecule has 1 aromatic carbocycles. The Morgan fingerprint density at radius 3 is 2.53 bits per heavy atom. The number of carbonyl (C=O) groups excluding carboxylic acids is 2. The highest BCUT2D eigenvalue weighted by atomic mass is 32.3. The number of nitrogens with zero attached hydrogens (tertiary/aromatic N) is 4. The number of piperazine rings is 1. The van der Waals surface area contributed by atoms with Gasteiger partial charge in [0.15, 0.2) is 11.6 Å². The lowest BCUT2D eigenvalue weighted by Crippen LogP contribution is -2.49. The summed E-state index contributed by atoms with van der Waals surface area (Å²) in [5.41, 5.74) is 2.73. The molecule has 4 heterocycles. The number of amides is 3. The number of aromatic nitrogens is 2. The van der Waals surface area contributed by atoms with Crippen molar-refractivity contribution in [3.05, 3.63) is 66.2 Å². The zero-order valence-electron chi connectivity index (χ0n) is 23.8. The minimum Gasteiger partial charge on any atom is -0.453 e. The Kier molecular flexibility index (Phi) is 8.91. The molecule has 1 saturated heterocycles. The third-order valence-corrected chi connectivity index (χ3v) is 8.81. The number of benzene rings is 1. The van der Waals surface area contributed by atoms with E-state index in [1.807, 2.05) is 18.2 Å². The van der Waals surface area contributed by atoms with Gasteiger partial charge in [-0.1, -0.05) is 6.07 Å². The van der Waals surface area contributed by atoms with Crippen LogP contribution >= 0.6 is 11.3 Å². The van der Waals surface area contributed by atoms with Gasteiger partial charge in [-0.25, -0.2) is 13.4 Å². The summed E-state index contributed by atoms with van der Waals surface area (Å²) < 4.78 is 55.8. The summed E-state index contributed by atoms with van der Waals surface area (Å²) in [6, 6.07) is 11.6. The van der Waals surface area contributed by atoms with Gasteiger partial charge in [-0.2, -0.15) is 8.42 Å². The van der Waals surface area contributed by atoms with E-state index in [-0.39, 0.29) is 17.8 Å². The zero-order valence-corrected chi connectivity index (χ0v) is 25.4. The van der Waals surface area contributed by atoms with Crippen LogP contribution in [0.4, 0.5) is 14.9 Å². The van der Waals surface area contributed by atoms with Crippen LogP contribution < -0.4 is 15.4 Å². The van der Waals surface area contributed by atoms with E-state index in [9.17, 15) is 22.4 Å². The lowest BCUT2D eigenvalue weighted by molar-refractivity contribution is -0.135. The van der Waals surface area contributed by atoms with E-state index >= 15 is 0 Å². The molecule has 6 rings (SSSR count). The molecule has 45 heavy (non-hydrogen) atoms. The topological polar surface area (TPSA) is 163 Å². The summed E-state index contributed by atoms with van der Waals surface area (Å²) in [7, 11) is -4.66. The summed E-state index contributed by atoms with van der Waals surface area (Å²) in [6.45, 7) is 1.86. The number of hydrogen-bond donors (Lipinski definition) is 3. The van der Waals surface area contributed by atoms with E-state index in [2.05, 4.69) is 29.7 Å². The monoisotopic (exact) mass is 656 g/mol. The number of urea groups is 1. The lowest BCUT2D eigenvalue weighted by Gasteiger charge is -2.34. The number of carbonyl (C=O) groups is 2. The molecule has 3 aromatic heterocycles. The van der Waals surface area contributed by atoms with Gasteiger partial charge in [-0.15, -0.1) is 11.3 Å². The fraction of sp³-hybridized carbons (Fsp3) is 0.310. The minimum atomic E-state index is -4.66. The Bertz CT molecular complexity index is 1820. The predicted octanol–water partition coefficient (Wildman–Crippen LogP) is 4.04. The van der Waals surface area contributed by atoms with Gasteiger partial charge in [-0.3, -0.25) is 24.2 Å². The van der Waals surface area contributed by atoms with Crippen LogP contribution in [0, 0.1) is 5.82 Å². The molecule has 4 aromatic rings. The molecule has 2 aliphatic rings. The number of halogens is 1. The molecule has 1 aliphatic heterocycles. The smallest absolute Gasteiger partial charge is 0.397 e. The highest BCUT2D eigenvalue weighted by Gasteiger charge is 2.24. The summed E-state index contributed by atoms with van der Waals surface area (Å²) >= 11 is 1.43. The molecule has 1 saturated carbocycles. The van der Waals surface area contributed by atoms with Crippen molar-refractivity contribution in [1.82, 2.24) is 25.1 Å². The van der Waals surface area contributed by atoms with Crippen LogP contribution in [0.15, 0.2) is 54.9 Å². The van der Waals surface area contributed by atoms with Gasteiger partial charge < -0.3 is 20.3 Å². The van der Waals surface area contributed by atoms with Crippen molar-refractivity contribution in [3.63, 3.8) is 0 Å². The van der Waals surface area contributed by atoms with Gasteiger partial charge in [0.1, 0.15) is 12.4 Å². The maximum atomic E-state index is 14.9. The van der Waals surface area contributed by atoms with Crippen LogP contribution in [0.2, 0.25) is 0 Å². The third kappa shape index (κ3) is 8.09. The van der Waals surface area contributed by atoms with Crippen LogP contribution in [0.1, 0.15) is 18.4 Å². The normalized spacial score (nSPS) is 15.6. The Balaban J connectivity index is 1.06. The fourth-order valence-electron chi connectivity index (χ4n) is 4.77. The first-order chi connectivity index (χ1) is 21.6. The Labute approximate surface area is 261 Å². The molecular weight excluding hydrogens is 627 g/mol. The first kappa shape index (κ1) is 30.8. The number of anilines is 1. The second-order valence-electron chi connectivity index (χ2n) is 10.7. The summed E-state index contributed by atoms with van der Waals surface area (Å²) in [5.74, 6) is -0.655. The van der Waals surface area contributed by atoms with E-state index in [1.54, 1.807) is 24.5 Å². The largest absolute Gasteiger partial charge is 0.453 e. The zero-order chi connectivity index (χ0) is 31.6. The number of nitrogens with one attached hydrogen (secondary N) is 2. The Morgan fingerprint density at radius 1 is 1.04 bits per heavy atom. The molecule has 0 atom stereocenters. The van der Waals surface area contributed by atoms with Crippen LogP contribution in [0.3, 0.4) is 0 Å². The van der Waals surface area contributed by atoms with Crippen molar-refractivity contribution in [1.29, 1.82) is 0 Å². The fourth-order valence-corrected chi connectivity index (χ4v) is 6.07. The van der Waals surface area contributed by atoms with E-state index in [0.717, 1.165) is 33.7 Å². The summed E-state index contributed by atoms with van der Waals surface area (Å²) in [4.78, 5) is 37.7. The molecule has 0 unspecified atom stereocenters. The highest BCUT2D eigenvalue weighted by molar-refractivity contribution is 7.80. The third-order valence-electron chi connectivity index (χ3n) is 7.24. The van der Waals surface area contributed by atoms with Gasteiger partial charge in [0, 0.05) is 69.0 Å². The number of rotatable bonds is 10. The van der Waals surface area contributed by atoms with Crippen molar-refractivity contribution in [3.8, 4) is 22.1 Å². The van der Waals surface area contributed by atoms with E-state index < -0.39 is 28.7 Å². The Hall–Kier alpha value is -4.22. The number of fused-ring (bicyclic) bond motifs is 1. The molecule has 236 valence electrons. The van der Waals surface area contributed by atoms with Gasteiger partial charge in [0.25, 0.3) is 0 Å². The van der Waals surface area contributed by atoms with Gasteiger partial charge in [0.2, 0.25) is 5.91 Å². The predicted molar refractivity (Wildman–Crippen MR) is 164 cm³/mol. The first-order valence-electron chi connectivity index (χ1n) is 14.1. The van der Waals surface area contributed by atoms with E-state index in [4.69, 9.17) is 9.29 Å². The first-order valence-corrected chi connectivity index (χ1v) is 16.3. The molecule has 0 bridgehead atoms. The SMILES string of the molecule is O=C(Nc1ccc(Oc2ccnc3cc(-c4ccc(CN5CCN(C(=O)COS(=O)(=O)O)CC5)cn4)sc23)c(F)c1)NC1CC1. The molecule has 1 aliphatic carbocycles. The van der Waals surface area contributed by atoms with Crippen LogP contribution in [0.5, 0.6) is 11.5 Å². The molecule has 3 N–H and O–H groups in total. The van der Waals surface area contributed by atoms with Crippen LogP contribution in [-0.2, 0) is 25.9 Å². The summed E-state index contributed by atoms with van der Waals surface area (Å²) in [6.07, 6.45) is 5.29. The second kappa shape index (κ2) is 13.0. The Morgan fingerprint density at radius 2 is 1.84 bits per heavy atom. The molecule has 0 radical (unpaired) electrons. The number of hydrogen-bond acceptors (Lipinski definition) is 10. The maximum absolute atomic E-state index is 14.9. The molecule has 0 spiro atoms. The van der Waals surface area contributed by atoms with Crippen molar-refractivity contribution < 1.29 is 35.9 Å². The van der Waals surface area contributed by atoms with Crippen molar-refractivity contribution in [2.75, 3.05) is 38.1 Å². The lowest BCUT2D eigenvalue weighted by atomic mass is 10.2. The van der Waals surface area contributed by atoms with E-state index in [1.165, 1.54) is 28.4 Å². The van der Waals surface area contributed by atoms with Crippen molar-refractivity contribution >= 4 is 49.6 Å².